The SMILES string of the molecule is Cc1cc(=O)c(C(=O)NNC(=O)c2cn(C)c3ccccc23)nn1-c1ccccc1C(F)(F)F. The predicted molar refractivity (Wildman–Crippen MR) is 117 cm³/mol. The fourth-order valence-electron chi connectivity index (χ4n) is 3.61. The van der Waals surface area contributed by atoms with Crippen molar-refractivity contribution in [2.75, 3.05) is 0 Å². The van der Waals surface area contributed by atoms with Gasteiger partial charge in [0.2, 0.25) is 5.43 Å². The Balaban J connectivity index is 1.62. The molecule has 2 aromatic heterocycles. The summed E-state index contributed by atoms with van der Waals surface area (Å²) in [4.78, 5) is 37.6. The number of alkyl halides is 3. The second-order valence-corrected chi connectivity index (χ2v) is 7.50. The van der Waals surface area contributed by atoms with E-state index in [9.17, 15) is 27.6 Å². The van der Waals surface area contributed by atoms with Gasteiger partial charge in [-0.15, -0.1) is 0 Å². The number of amides is 2. The van der Waals surface area contributed by atoms with Gasteiger partial charge in [-0.05, 0) is 25.1 Å². The van der Waals surface area contributed by atoms with Crippen LogP contribution in [-0.2, 0) is 13.2 Å². The zero-order valence-corrected chi connectivity index (χ0v) is 18.0. The zero-order valence-electron chi connectivity index (χ0n) is 18.0. The van der Waals surface area contributed by atoms with E-state index in [2.05, 4.69) is 16.0 Å². The largest absolute Gasteiger partial charge is 0.418 e. The van der Waals surface area contributed by atoms with E-state index in [1.807, 2.05) is 12.1 Å². The maximum atomic E-state index is 13.5. The molecule has 8 nitrogen and oxygen atoms in total. The average Bonchev–Trinajstić information content (AvgIpc) is 3.13. The van der Waals surface area contributed by atoms with Crippen molar-refractivity contribution in [3.8, 4) is 5.69 Å². The number of halogens is 3. The molecule has 4 aromatic rings. The lowest BCUT2D eigenvalue weighted by atomic mass is 10.1. The van der Waals surface area contributed by atoms with E-state index in [0.29, 0.717) is 5.39 Å². The van der Waals surface area contributed by atoms with Crippen LogP contribution in [0.2, 0.25) is 0 Å². The molecule has 0 aliphatic heterocycles. The molecule has 0 bridgehead atoms. The number of hydrogen-bond donors (Lipinski definition) is 2. The topological polar surface area (TPSA) is 98.0 Å². The number of nitrogens with zero attached hydrogens (tertiary/aromatic N) is 3. The molecule has 0 aliphatic carbocycles. The van der Waals surface area contributed by atoms with Crippen LogP contribution in [-0.4, -0.2) is 26.2 Å². The molecule has 4 rings (SSSR count). The summed E-state index contributed by atoms with van der Waals surface area (Å²) in [5.41, 5.74) is 2.69. The highest BCUT2D eigenvalue weighted by molar-refractivity contribution is 6.07. The molecule has 34 heavy (non-hydrogen) atoms. The Labute approximate surface area is 190 Å². The van der Waals surface area contributed by atoms with Crippen molar-refractivity contribution < 1.29 is 22.8 Å². The van der Waals surface area contributed by atoms with Crippen LogP contribution in [0.3, 0.4) is 0 Å². The smallest absolute Gasteiger partial charge is 0.350 e. The molecule has 2 amide bonds. The third-order valence-corrected chi connectivity index (χ3v) is 5.19. The van der Waals surface area contributed by atoms with Crippen molar-refractivity contribution in [2.24, 2.45) is 7.05 Å². The Kier molecular flexibility index (Phi) is 5.70. The lowest BCUT2D eigenvalue weighted by Gasteiger charge is -2.16. The van der Waals surface area contributed by atoms with Gasteiger partial charge in [-0.25, -0.2) is 4.68 Å². The standard InChI is InChI=1S/C23H18F3N5O3/c1-13-11-19(32)20(29-31(13)18-10-6-4-8-16(18)23(24,25)26)22(34)28-27-21(33)15-12-30(2)17-9-5-3-7-14(15)17/h3-12H,1-2H3,(H,27,33)(H,28,34). The first-order valence-corrected chi connectivity index (χ1v) is 10.00. The molecule has 0 fully saturated rings. The molecule has 0 unspecified atom stereocenters. The number of rotatable bonds is 3. The van der Waals surface area contributed by atoms with Gasteiger partial charge in [0.15, 0.2) is 5.69 Å². The summed E-state index contributed by atoms with van der Waals surface area (Å²) in [6, 6.07) is 12.8. The van der Waals surface area contributed by atoms with Crippen LogP contribution in [0.15, 0.2) is 65.6 Å². The molecule has 0 atom stereocenters. The minimum atomic E-state index is -4.68. The van der Waals surface area contributed by atoms with Crippen LogP contribution < -0.4 is 16.3 Å². The molecule has 174 valence electrons. The van der Waals surface area contributed by atoms with Crippen LogP contribution in [0.1, 0.15) is 32.1 Å². The number of fused-ring (bicyclic) bond motifs is 1. The average molecular weight is 469 g/mol. The van der Waals surface area contributed by atoms with Crippen molar-refractivity contribution in [3.05, 3.63) is 93.5 Å². The molecule has 0 radical (unpaired) electrons. The van der Waals surface area contributed by atoms with Crippen LogP contribution in [0.5, 0.6) is 0 Å². The molecule has 2 N–H and O–H groups in total. The van der Waals surface area contributed by atoms with Gasteiger partial charge in [-0.1, -0.05) is 30.3 Å². The Morgan fingerprint density at radius 3 is 2.35 bits per heavy atom. The van der Waals surface area contributed by atoms with Gasteiger partial charge in [0.25, 0.3) is 11.8 Å². The first-order chi connectivity index (χ1) is 16.1. The third-order valence-electron chi connectivity index (χ3n) is 5.19. The molecule has 2 aromatic carbocycles. The Hall–Kier alpha value is -4.41. The number of para-hydroxylation sites is 2. The highest BCUT2D eigenvalue weighted by Crippen LogP contribution is 2.33. The summed E-state index contributed by atoms with van der Waals surface area (Å²) in [5, 5.41) is 4.51. The first kappa shape index (κ1) is 22.8. The number of carbonyl (C=O) groups excluding carboxylic acids is 2. The number of nitrogens with one attached hydrogen (secondary N) is 2. The maximum Gasteiger partial charge on any atom is 0.418 e. The van der Waals surface area contributed by atoms with Crippen molar-refractivity contribution >= 4 is 22.7 Å². The maximum absolute atomic E-state index is 13.5. The Morgan fingerprint density at radius 1 is 0.971 bits per heavy atom. The number of aromatic nitrogens is 3. The van der Waals surface area contributed by atoms with E-state index in [4.69, 9.17) is 0 Å². The van der Waals surface area contributed by atoms with Gasteiger partial charge in [-0.3, -0.25) is 25.2 Å². The molecule has 0 aliphatic rings. The van der Waals surface area contributed by atoms with Crippen molar-refractivity contribution in [1.29, 1.82) is 0 Å². The highest BCUT2D eigenvalue weighted by Gasteiger charge is 2.34. The van der Waals surface area contributed by atoms with Gasteiger partial charge in [-0.2, -0.15) is 18.3 Å². The van der Waals surface area contributed by atoms with E-state index < -0.39 is 34.7 Å². The van der Waals surface area contributed by atoms with Crippen LogP contribution in [0, 0.1) is 6.92 Å². The zero-order chi connectivity index (χ0) is 24.6. The first-order valence-electron chi connectivity index (χ1n) is 10.00. The Bertz CT molecular complexity index is 1490. The van der Waals surface area contributed by atoms with Gasteiger partial charge in [0.1, 0.15) is 0 Å². The Morgan fingerprint density at radius 2 is 1.62 bits per heavy atom. The number of benzene rings is 2. The lowest BCUT2D eigenvalue weighted by Crippen LogP contribution is -2.44. The van der Waals surface area contributed by atoms with Gasteiger partial charge >= 0.3 is 6.18 Å². The van der Waals surface area contributed by atoms with Gasteiger partial charge < -0.3 is 4.57 Å². The lowest BCUT2D eigenvalue weighted by molar-refractivity contribution is -0.137. The number of hydrogen-bond acceptors (Lipinski definition) is 4. The molecular weight excluding hydrogens is 451 g/mol. The minimum Gasteiger partial charge on any atom is -0.350 e. The van der Waals surface area contributed by atoms with Crippen molar-refractivity contribution in [3.63, 3.8) is 0 Å². The quantitative estimate of drug-likeness (QED) is 0.451. The van der Waals surface area contributed by atoms with Crippen LogP contribution in [0.4, 0.5) is 13.2 Å². The second-order valence-electron chi connectivity index (χ2n) is 7.50. The minimum absolute atomic E-state index is 0.0954. The number of carbonyl (C=O) groups is 2. The van der Waals surface area contributed by atoms with Gasteiger partial charge in [0.05, 0.1) is 16.8 Å². The summed E-state index contributed by atoms with van der Waals surface area (Å²) >= 11 is 0. The third kappa shape index (κ3) is 4.15. The molecule has 2 heterocycles. The number of aryl methyl sites for hydroxylation is 2. The summed E-state index contributed by atoms with van der Waals surface area (Å²) in [7, 11) is 1.76. The fourth-order valence-corrected chi connectivity index (χ4v) is 3.61. The fraction of sp³-hybridized carbons (Fsp3) is 0.130. The van der Waals surface area contributed by atoms with Crippen LogP contribution in [0.25, 0.3) is 16.6 Å². The van der Waals surface area contributed by atoms with E-state index in [-0.39, 0.29) is 16.9 Å². The summed E-state index contributed by atoms with van der Waals surface area (Å²) in [5.74, 6) is -1.71. The number of hydrazine groups is 1. The van der Waals surface area contributed by atoms with E-state index in [1.165, 1.54) is 25.1 Å². The monoisotopic (exact) mass is 469 g/mol. The van der Waals surface area contributed by atoms with E-state index in [0.717, 1.165) is 22.3 Å². The van der Waals surface area contributed by atoms with Gasteiger partial charge in [0, 0.05) is 35.9 Å². The molecular formula is C23H18F3N5O3. The predicted octanol–water partition coefficient (Wildman–Crippen LogP) is 3.13. The van der Waals surface area contributed by atoms with E-state index in [1.54, 1.807) is 29.9 Å². The summed E-state index contributed by atoms with van der Waals surface area (Å²) in [6.45, 7) is 1.39. The highest BCUT2D eigenvalue weighted by atomic mass is 19.4. The van der Waals surface area contributed by atoms with Crippen LogP contribution >= 0.6 is 0 Å². The molecule has 0 saturated heterocycles. The summed E-state index contributed by atoms with van der Waals surface area (Å²) < 4.78 is 43.0. The normalized spacial score (nSPS) is 11.4. The van der Waals surface area contributed by atoms with E-state index >= 15 is 0 Å². The molecule has 0 spiro atoms. The second kappa shape index (κ2) is 8.50. The molecule has 11 heteroatoms. The van der Waals surface area contributed by atoms with Crippen molar-refractivity contribution in [1.82, 2.24) is 25.2 Å². The summed E-state index contributed by atoms with van der Waals surface area (Å²) in [6.07, 6.45) is -3.10. The molecule has 0 saturated carbocycles. The van der Waals surface area contributed by atoms with Crippen molar-refractivity contribution in [2.45, 2.75) is 13.1 Å².